The first-order valence-corrected chi connectivity index (χ1v) is 9.23. The van der Waals surface area contributed by atoms with Crippen LogP contribution in [0.2, 0.25) is 0 Å². The van der Waals surface area contributed by atoms with Crippen molar-refractivity contribution in [2.75, 3.05) is 13.1 Å². The summed E-state index contributed by atoms with van der Waals surface area (Å²) in [5, 5.41) is 3.15. The molecule has 5 heteroatoms. The Morgan fingerprint density at radius 1 is 1.09 bits per heavy atom. The van der Waals surface area contributed by atoms with Gasteiger partial charge in [-0.3, -0.25) is 4.79 Å². The molecule has 1 heterocycles. The highest BCUT2D eigenvalue weighted by Crippen LogP contribution is 2.65. The van der Waals surface area contributed by atoms with Crippen molar-refractivity contribution in [1.29, 1.82) is 0 Å². The lowest BCUT2D eigenvalue weighted by Gasteiger charge is -2.65. The summed E-state index contributed by atoms with van der Waals surface area (Å²) in [5.41, 5.74) is 5.84. The molecule has 0 radical (unpaired) electrons. The molecule has 5 nitrogen and oxygen atoms in total. The molecule has 5 rings (SSSR count). The van der Waals surface area contributed by atoms with Crippen LogP contribution in [-0.2, 0) is 4.79 Å². The number of hydrogen-bond acceptors (Lipinski definition) is 2. The summed E-state index contributed by atoms with van der Waals surface area (Å²) in [6.07, 6.45) is 9.63. The fourth-order valence-corrected chi connectivity index (χ4v) is 7.03. The summed E-state index contributed by atoms with van der Waals surface area (Å²) < 4.78 is 0. The summed E-state index contributed by atoms with van der Waals surface area (Å²) in [6.45, 7) is 3.50. The minimum Gasteiger partial charge on any atom is -0.352 e. The van der Waals surface area contributed by atoms with E-state index in [1.807, 2.05) is 4.90 Å². The van der Waals surface area contributed by atoms with Gasteiger partial charge in [0.05, 0.1) is 0 Å². The van der Waals surface area contributed by atoms with Crippen molar-refractivity contribution < 1.29 is 9.59 Å². The second-order valence-electron chi connectivity index (χ2n) is 8.87. The van der Waals surface area contributed by atoms with Crippen LogP contribution in [0.25, 0.3) is 0 Å². The molecule has 3 N–H and O–H groups in total. The molecule has 128 valence electrons. The SMILES string of the molecule is CC(=O)N1CCC(C23CC4CC(CC(NC(N)=O)(C4)C2)C3)CC1. The van der Waals surface area contributed by atoms with Crippen molar-refractivity contribution in [2.24, 2.45) is 28.9 Å². The molecule has 1 aliphatic heterocycles. The van der Waals surface area contributed by atoms with Crippen LogP contribution in [0.3, 0.4) is 0 Å². The lowest BCUT2D eigenvalue weighted by molar-refractivity contribution is -0.137. The lowest BCUT2D eigenvalue weighted by atomic mass is 9.43. The molecule has 4 aliphatic carbocycles. The lowest BCUT2D eigenvalue weighted by Crippen LogP contribution is -2.65. The predicted octanol–water partition coefficient (Wildman–Crippen LogP) is 2.25. The number of nitrogens with zero attached hydrogens (tertiary/aromatic N) is 1. The first-order valence-electron chi connectivity index (χ1n) is 9.23. The van der Waals surface area contributed by atoms with Gasteiger partial charge in [0.15, 0.2) is 0 Å². The van der Waals surface area contributed by atoms with Crippen molar-refractivity contribution >= 4 is 11.9 Å². The van der Waals surface area contributed by atoms with Crippen LogP contribution < -0.4 is 11.1 Å². The number of likely N-dealkylation sites (tertiary alicyclic amines) is 1. The third kappa shape index (κ3) is 2.52. The number of hydrogen-bond donors (Lipinski definition) is 2. The molecule has 2 atom stereocenters. The van der Waals surface area contributed by atoms with Gasteiger partial charge in [0.1, 0.15) is 0 Å². The van der Waals surface area contributed by atoms with Gasteiger partial charge < -0.3 is 16.0 Å². The summed E-state index contributed by atoms with van der Waals surface area (Å²) in [7, 11) is 0. The minimum atomic E-state index is -0.353. The maximum absolute atomic E-state index is 11.6. The molecule has 5 aliphatic rings. The molecule has 5 fully saturated rings. The van der Waals surface area contributed by atoms with E-state index in [0.717, 1.165) is 57.0 Å². The highest BCUT2D eigenvalue weighted by molar-refractivity contribution is 5.73. The van der Waals surface area contributed by atoms with E-state index >= 15 is 0 Å². The van der Waals surface area contributed by atoms with E-state index in [1.165, 1.54) is 19.3 Å². The summed E-state index contributed by atoms with van der Waals surface area (Å²) in [6, 6.07) is -0.353. The van der Waals surface area contributed by atoms with Gasteiger partial charge in [-0.15, -0.1) is 0 Å². The van der Waals surface area contributed by atoms with Crippen molar-refractivity contribution in [2.45, 2.75) is 63.8 Å². The number of nitrogens with one attached hydrogen (secondary N) is 1. The fourth-order valence-electron chi connectivity index (χ4n) is 7.03. The van der Waals surface area contributed by atoms with Crippen LogP contribution in [0, 0.1) is 23.2 Å². The van der Waals surface area contributed by atoms with E-state index in [4.69, 9.17) is 5.73 Å². The van der Waals surface area contributed by atoms with Gasteiger partial charge in [0.25, 0.3) is 0 Å². The monoisotopic (exact) mass is 319 g/mol. The highest BCUT2D eigenvalue weighted by atomic mass is 16.2. The summed E-state index contributed by atoms with van der Waals surface area (Å²) >= 11 is 0. The third-order valence-electron chi connectivity index (χ3n) is 7.30. The van der Waals surface area contributed by atoms with E-state index in [2.05, 4.69) is 5.32 Å². The Bertz CT molecular complexity index is 510. The molecule has 0 aromatic rings. The zero-order chi connectivity index (χ0) is 16.2. The third-order valence-corrected chi connectivity index (χ3v) is 7.30. The second-order valence-corrected chi connectivity index (χ2v) is 8.87. The molecule has 0 aromatic carbocycles. The van der Waals surface area contributed by atoms with Gasteiger partial charge in [-0.1, -0.05) is 0 Å². The smallest absolute Gasteiger partial charge is 0.312 e. The highest BCUT2D eigenvalue weighted by Gasteiger charge is 2.60. The molecule has 0 aromatic heterocycles. The largest absolute Gasteiger partial charge is 0.352 e. The van der Waals surface area contributed by atoms with Gasteiger partial charge >= 0.3 is 6.03 Å². The second kappa shape index (κ2) is 5.12. The number of carbonyl (C=O) groups is 2. The van der Waals surface area contributed by atoms with Crippen molar-refractivity contribution in [1.82, 2.24) is 10.2 Å². The van der Waals surface area contributed by atoms with E-state index in [0.29, 0.717) is 11.3 Å². The summed E-state index contributed by atoms with van der Waals surface area (Å²) in [4.78, 5) is 25.1. The van der Waals surface area contributed by atoms with Crippen LogP contribution in [0.4, 0.5) is 4.79 Å². The maximum Gasteiger partial charge on any atom is 0.312 e. The Labute approximate surface area is 138 Å². The van der Waals surface area contributed by atoms with E-state index in [-0.39, 0.29) is 17.5 Å². The molecular weight excluding hydrogens is 290 g/mol. The predicted molar refractivity (Wildman–Crippen MR) is 87.5 cm³/mol. The number of piperidine rings is 1. The number of primary amides is 1. The van der Waals surface area contributed by atoms with Gasteiger partial charge in [-0.05, 0) is 74.5 Å². The van der Waals surface area contributed by atoms with Gasteiger partial charge in [-0.25, -0.2) is 4.79 Å². The van der Waals surface area contributed by atoms with Crippen LogP contribution >= 0.6 is 0 Å². The van der Waals surface area contributed by atoms with E-state index < -0.39 is 0 Å². The minimum absolute atomic E-state index is 0.0341. The Hall–Kier alpha value is -1.26. The molecule has 4 bridgehead atoms. The van der Waals surface area contributed by atoms with Gasteiger partial charge in [0, 0.05) is 25.6 Å². The zero-order valence-corrected chi connectivity index (χ0v) is 14.1. The average Bonchev–Trinajstić information content (AvgIpc) is 2.44. The molecule has 0 spiro atoms. The Morgan fingerprint density at radius 2 is 1.70 bits per heavy atom. The molecule has 2 unspecified atom stereocenters. The molecule has 4 saturated carbocycles. The van der Waals surface area contributed by atoms with Crippen LogP contribution in [0.5, 0.6) is 0 Å². The van der Waals surface area contributed by atoms with Gasteiger partial charge in [-0.2, -0.15) is 0 Å². The molecule has 3 amide bonds. The number of nitrogens with two attached hydrogens (primary N) is 1. The topological polar surface area (TPSA) is 75.4 Å². The first-order chi connectivity index (χ1) is 10.9. The number of carbonyl (C=O) groups excluding carboxylic acids is 2. The average molecular weight is 319 g/mol. The van der Waals surface area contributed by atoms with Crippen LogP contribution in [-0.4, -0.2) is 35.5 Å². The first kappa shape index (κ1) is 15.3. The normalized spacial score (nSPS) is 42.7. The zero-order valence-electron chi connectivity index (χ0n) is 14.1. The molecular formula is C18H29N3O2. The standard InChI is InChI=1S/C18H29N3O2/c1-12(22)21-4-2-15(3-5-21)17-7-13-6-14(8-17)10-18(9-13,11-17)20-16(19)23/h13-15H,2-11H2,1H3,(H3,19,20,23). The maximum atomic E-state index is 11.6. The molecule has 23 heavy (non-hydrogen) atoms. The molecule has 1 saturated heterocycles. The van der Waals surface area contributed by atoms with Crippen LogP contribution in [0.15, 0.2) is 0 Å². The van der Waals surface area contributed by atoms with E-state index in [1.54, 1.807) is 6.92 Å². The quantitative estimate of drug-likeness (QED) is 0.819. The van der Waals surface area contributed by atoms with E-state index in [9.17, 15) is 9.59 Å². The Balaban J connectivity index is 1.54. The fraction of sp³-hybridized carbons (Fsp3) is 0.889. The number of urea groups is 1. The van der Waals surface area contributed by atoms with Crippen molar-refractivity contribution in [3.8, 4) is 0 Å². The van der Waals surface area contributed by atoms with Crippen molar-refractivity contribution in [3.63, 3.8) is 0 Å². The Kier molecular flexibility index (Phi) is 3.40. The van der Waals surface area contributed by atoms with Gasteiger partial charge in [0.2, 0.25) is 5.91 Å². The van der Waals surface area contributed by atoms with Crippen LogP contribution in [0.1, 0.15) is 58.3 Å². The number of rotatable bonds is 2. The summed E-state index contributed by atoms with van der Waals surface area (Å²) in [5.74, 6) is 2.43. The number of amides is 3. The Morgan fingerprint density at radius 3 is 2.22 bits per heavy atom. The van der Waals surface area contributed by atoms with Crippen molar-refractivity contribution in [3.05, 3.63) is 0 Å².